The van der Waals surface area contributed by atoms with Crippen LogP contribution in [-0.2, 0) is 16.7 Å². The summed E-state index contributed by atoms with van der Waals surface area (Å²) in [5, 5.41) is 0. The summed E-state index contributed by atoms with van der Waals surface area (Å²) in [6.45, 7) is 5.00. The van der Waals surface area contributed by atoms with E-state index in [4.69, 9.17) is 5.73 Å². The van der Waals surface area contributed by atoms with Gasteiger partial charge in [-0.1, -0.05) is 18.2 Å². The summed E-state index contributed by atoms with van der Waals surface area (Å²) < 4.78 is 32.3. The standard InChI is InChI=1S/C16H20N2O3S/c1-3-18(14-8-9-15(17)12(2)10-14)11-13-6-4-5-7-16(13)22(19,20)21/h4-10H,3,11,17H2,1-2H3,(H,19,20,21). The average Bonchev–Trinajstić information content (AvgIpc) is 2.47. The number of nitrogens with two attached hydrogens (primary N) is 1. The van der Waals surface area contributed by atoms with Crippen LogP contribution in [-0.4, -0.2) is 19.5 Å². The van der Waals surface area contributed by atoms with Gasteiger partial charge in [0.2, 0.25) is 0 Å². The van der Waals surface area contributed by atoms with Gasteiger partial charge in [0.25, 0.3) is 10.1 Å². The molecule has 0 aliphatic carbocycles. The van der Waals surface area contributed by atoms with Crippen LogP contribution in [0.25, 0.3) is 0 Å². The first-order valence-corrected chi connectivity index (χ1v) is 8.43. The van der Waals surface area contributed by atoms with Gasteiger partial charge in [-0.05, 0) is 49.2 Å². The molecule has 0 fully saturated rings. The minimum atomic E-state index is -4.23. The van der Waals surface area contributed by atoms with Crippen LogP contribution in [0.4, 0.5) is 11.4 Å². The van der Waals surface area contributed by atoms with E-state index in [1.807, 2.05) is 36.9 Å². The van der Waals surface area contributed by atoms with E-state index in [-0.39, 0.29) is 4.90 Å². The van der Waals surface area contributed by atoms with Gasteiger partial charge in [0.15, 0.2) is 0 Å². The molecule has 0 saturated carbocycles. The lowest BCUT2D eigenvalue weighted by Gasteiger charge is -2.24. The molecule has 0 aliphatic rings. The zero-order valence-electron chi connectivity index (χ0n) is 12.7. The molecule has 2 aromatic carbocycles. The Kier molecular flexibility index (Phi) is 4.73. The molecule has 0 unspecified atom stereocenters. The molecular weight excluding hydrogens is 300 g/mol. The lowest BCUT2D eigenvalue weighted by atomic mass is 10.1. The summed E-state index contributed by atoms with van der Waals surface area (Å²) in [5.74, 6) is 0. The van der Waals surface area contributed by atoms with Crippen LogP contribution in [0.2, 0.25) is 0 Å². The van der Waals surface area contributed by atoms with Gasteiger partial charge in [-0.25, -0.2) is 0 Å². The number of rotatable bonds is 5. The Hall–Kier alpha value is -2.05. The molecule has 118 valence electrons. The van der Waals surface area contributed by atoms with E-state index in [0.717, 1.165) is 16.9 Å². The number of aryl methyl sites for hydroxylation is 1. The van der Waals surface area contributed by atoms with Crippen molar-refractivity contribution in [1.82, 2.24) is 0 Å². The van der Waals surface area contributed by atoms with E-state index < -0.39 is 10.1 Å². The van der Waals surface area contributed by atoms with Crippen molar-refractivity contribution in [1.29, 1.82) is 0 Å². The number of hydrogen-bond donors (Lipinski definition) is 2. The molecule has 3 N–H and O–H groups in total. The minimum Gasteiger partial charge on any atom is -0.399 e. The van der Waals surface area contributed by atoms with Crippen molar-refractivity contribution in [3.63, 3.8) is 0 Å². The Morgan fingerprint density at radius 2 is 1.86 bits per heavy atom. The maximum atomic E-state index is 11.5. The first kappa shape index (κ1) is 16.3. The summed E-state index contributed by atoms with van der Waals surface area (Å²) in [7, 11) is -4.23. The van der Waals surface area contributed by atoms with E-state index in [0.29, 0.717) is 18.7 Å². The molecule has 0 atom stereocenters. The molecular formula is C16H20N2O3S. The quantitative estimate of drug-likeness (QED) is 0.654. The van der Waals surface area contributed by atoms with Crippen LogP contribution in [0.5, 0.6) is 0 Å². The lowest BCUT2D eigenvalue weighted by molar-refractivity contribution is 0.482. The Morgan fingerprint density at radius 1 is 1.18 bits per heavy atom. The molecule has 2 rings (SSSR count). The summed E-state index contributed by atoms with van der Waals surface area (Å²) in [4.78, 5) is 1.97. The van der Waals surface area contributed by atoms with E-state index in [1.54, 1.807) is 18.2 Å². The monoisotopic (exact) mass is 320 g/mol. The van der Waals surface area contributed by atoms with Crippen molar-refractivity contribution < 1.29 is 13.0 Å². The fourth-order valence-corrected chi connectivity index (χ4v) is 3.05. The largest absolute Gasteiger partial charge is 0.399 e. The molecule has 5 nitrogen and oxygen atoms in total. The fourth-order valence-electron chi connectivity index (χ4n) is 2.33. The molecule has 0 spiro atoms. The van der Waals surface area contributed by atoms with Crippen LogP contribution in [0.1, 0.15) is 18.1 Å². The summed E-state index contributed by atoms with van der Waals surface area (Å²) in [6, 6.07) is 12.2. The van der Waals surface area contributed by atoms with Crippen molar-refractivity contribution in [3.8, 4) is 0 Å². The van der Waals surface area contributed by atoms with Crippen molar-refractivity contribution >= 4 is 21.5 Å². The van der Waals surface area contributed by atoms with Crippen molar-refractivity contribution in [3.05, 3.63) is 53.6 Å². The van der Waals surface area contributed by atoms with Gasteiger partial charge in [0, 0.05) is 24.5 Å². The molecule has 2 aromatic rings. The zero-order valence-corrected chi connectivity index (χ0v) is 13.5. The molecule has 0 radical (unpaired) electrons. The van der Waals surface area contributed by atoms with Crippen LogP contribution in [0.15, 0.2) is 47.4 Å². The maximum Gasteiger partial charge on any atom is 0.294 e. The van der Waals surface area contributed by atoms with Crippen LogP contribution < -0.4 is 10.6 Å². The van der Waals surface area contributed by atoms with Crippen LogP contribution >= 0.6 is 0 Å². The molecule has 6 heteroatoms. The molecule has 0 amide bonds. The first-order chi connectivity index (χ1) is 10.3. The van der Waals surface area contributed by atoms with E-state index in [2.05, 4.69) is 0 Å². The van der Waals surface area contributed by atoms with E-state index in [1.165, 1.54) is 6.07 Å². The zero-order chi connectivity index (χ0) is 16.3. The highest BCUT2D eigenvalue weighted by atomic mass is 32.2. The summed E-state index contributed by atoms with van der Waals surface area (Å²) in [6.07, 6.45) is 0. The van der Waals surface area contributed by atoms with E-state index >= 15 is 0 Å². The fraction of sp³-hybridized carbons (Fsp3) is 0.250. The van der Waals surface area contributed by atoms with Crippen molar-refractivity contribution in [2.75, 3.05) is 17.2 Å². The normalized spacial score (nSPS) is 11.4. The topological polar surface area (TPSA) is 83.6 Å². The summed E-state index contributed by atoms with van der Waals surface area (Å²) >= 11 is 0. The Balaban J connectivity index is 2.37. The summed E-state index contributed by atoms with van der Waals surface area (Å²) in [5.41, 5.74) is 9.04. The average molecular weight is 320 g/mol. The molecule has 0 bridgehead atoms. The third kappa shape index (κ3) is 3.58. The van der Waals surface area contributed by atoms with Crippen molar-refractivity contribution in [2.45, 2.75) is 25.3 Å². The van der Waals surface area contributed by atoms with E-state index in [9.17, 15) is 13.0 Å². The van der Waals surface area contributed by atoms with Gasteiger partial charge in [-0.15, -0.1) is 0 Å². The molecule has 0 aliphatic heterocycles. The number of anilines is 2. The number of nitrogen functional groups attached to an aromatic ring is 1. The predicted octanol–water partition coefficient (Wildman–Crippen LogP) is 2.85. The highest BCUT2D eigenvalue weighted by Gasteiger charge is 2.16. The van der Waals surface area contributed by atoms with Gasteiger partial charge in [-0.2, -0.15) is 8.42 Å². The predicted molar refractivity (Wildman–Crippen MR) is 88.6 cm³/mol. The van der Waals surface area contributed by atoms with Gasteiger partial charge >= 0.3 is 0 Å². The third-order valence-corrected chi connectivity index (χ3v) is 4.57. The van der Waals surface area contributed by atoms with Crippen molar-refractivity contribution in [2.24, 2.45) is 0 Å². The van der Waals surface area contributed by atoms with Gasteiger partial charge < -0.3 is 10.6 Å². The highest BCUT2D eigenvalue weighted by Crippen LogP contribution is 2.24. The third-order valence-electron chi connectivity index (χ3n) is 3.61. The second kappa shape index (κ2) is 6.37. The smallest absolute Gasteiger partial charge is 0.294 e. The highest BCUT2D eigenvalue weighted by molar-refractivity contribution is 7.85. The van der Waals surface area contributed by atoms with Gasteiger partial charge in [0.05, 0.1) is 4.90 Å². The first-order valence-electron chi connectivity index (χ1n) is 6.99. The Bertz CT molecular complexity index is 773. The molecule has 0 heterocycles. The number of nitrogens with zero attached hydrogens (tertiary/aromatic N) is 1. The second-order valence-corrected chi connectivity index (χ2v) is 6.53. The number of hydrogen-bond acceptors (Lipinski definition) is 4. The Morgan fingerprint density at radius 3 is 2.45 bits per heavy atom. The number of benzene rings is 2. The van der Waals surface area contributed by atoms with Crippen LogP contribution in [0.3, 0.4) is 0 Å². The van der Waals surface area contributed by atoms with Crippen LogP contribution in [0, 0.1) is 6.92 Å². The maximum absolute atomic E-state index is 11.5. The SMILES string of the molecule is CCN(Cc1ccccc1S(=O)(=O)O)c1ccc(N)c(C)c1. The van der Waals surface area contributed by atoms with Gasteiger partial charge in [-0.3, -0.25) is 4.55 Å². The van der Waals surface area contributed by atoms with Gasteiger partial charge in [0.1, 0.15) is 0 Å². The lowest BCUT2D eigenvalue weighted by Crippen LogP contribution is -2.23. The molecule has 22 heavy (non-hydrogen) atoms. The Labute approximate surface area is 131 Å². The molecule has 0 saturated heterocycles. The molecule has 0 aromatic heterocycles. The minimum absolute atomic E-state index is 0.0550. The second-order valence-electron chi connectivity index (χ2n) is 5.14.